The van der Waals surface area contributed by atoms with Gasteiger partial charge in [-0.15, -0.1) is 0 Å². The molecule has 1 aromatic rings. The van der Waals surface area contributed by atoms with Gasteiger partial charge in [-0.25, -0.2) is 0 Å². The first-order valence-corrected chi connectivity index (χ1v) is 5.73. The van der Waals surface area contributed by atoms with Crippen LogP contribution in [0.15, 0.2) is 24.3 Å². The maximum absolute atomic E-state index is 11.3. The van der Waals surface area contributed by atoms with Crippen LogP contribution in [-0.4, -0.2) is 26.7 Å². The molecule has 4 heteroatoms. The number of esters is 1. The minimum absolute atomic E-state index is 0.217. The molecule has 0 spiro atoms. The van der Waals surface area contributed by atoms with E-state index in [1.54, 1.807) is 6.92 Å². The molecule has 0 aliphatic carbocycles. The summed E-state index contributed by atoms with van der Waals surface area (Å²) in [5.74, 6) is -0.253. The number of ether oxygens (including phenoxy) is 1. The molecular formula is C13H20N2O2. The summed E-state index contributed by atoms with van der Waals surface area (Å²) in [5.41, 5.74) is 7.99. The quantitative estimate of drug-likeness (QED) is 0.791. The predicted molar refractivity (Wildman–Crippen MR) is 68.9 cm³/mol. The highest BCUT2D eigenvalue weighted by molar-refractivity contribution is 5.70. The van der Waals surface area contributed by atoms with Crippen LogP contribution in [0.5, 0.6) is 0 Å². The molecule has 0 heterocycles. The Morgan fingerprint density at radius 1 is 1.35 bits per heavy atom. The number of benzene rings is 1. The molecule has 0 bridgehead atoms. The number of nitrogens with two attached hydrogens (primary N) is 1. The van der Waals surface area contributed by atoms with Crippen LogP contribution in [0.1, 0.15) is 24.9 Å². The third-order valence-electron chi connectivity index (χ3n) is 2.53. The van der Waals surface area contributed by atoms with Crippen molar-refractivity contribution in [2.75, 3.05) is 25.6 Å². The molecule has 1 aromatic carbocycles. The van der Waals surface area contributed by atoms with Crippen molar-refractivity contribution in [1.82, 2.24) is 0 Å². The Morgan fingerprint density at radius 3 is 2.41 bits per heavy atom. The molecule has 0 radical (unpaired) electrons. The number of rotatable bonds is 5. The standard InChI is InChI=1S/C13H20N2O2/c1-4-17-13(16)9-12(14)10-5-7-11(8-6-10)15(2)3/h5-8,12H,4,9,14H2,1-3H3. The van der Waals surface area contributed by atoms with E-state index in [1.807, 2.05) is 43.3 Å². The molecule has 0 saturated carbocycles. The van der Waals surface area contributed by atoms with E-state index in [0.717, 1.165) is 11.3 Å². The van der Waals surface area contributed by atoms with Crippen molar-refractivity contribution in [3.05, 3.63) is 29.8 Å². The molecule has 2 N–H and O–H groups in total. The third-order valence-corrected chi connectivity index (χ3v) is 2.53. The Morgan fingerprint density at radius 2 is 1.94 bits per heavy atom. The number of carbonyl (C=O) groups excluding carboxylic acids is 1. The first kappa shape index (κ1) is 13.5. The van der Waals surface area contributed by atoms with Crippen molar-refractivity contribution < 1.29 is 9.53 Å². The molecule has 0 saturated heterocycles. The molecule has 94 valence electrons. The van der Waals surface area contributed by atoms with Gasteiger partial charge >= 0.3 is 5.97 Å². The molecule has 0 aromatic heterocycles. The van der Waals surface area contributed by atoms with E-state index in [0.29, 0.717) is 6.61 Å². The van der Waals surface area contributed by atoms with E-state index in [1.165, 1.54) is 0 Å². The smallest absolute Gasteiger partial charge is 0.307 e. The molecule has 1 atom stereocenters. The topological polar surface area (TPSA) is 55.6 Å². The fraction of sp³-hybridized carbons (Fsp3) is 0.462. The first-order chi connectivity index (χ1) is 8.04. The van der Waals surface area contributed by atoms with Crippen molar-refractivity contribution in [3.8, 4) is 0 Å². The van der Waals surface area contributed by atoms with Crippen LogP contribution in [0.3, 0.4) is 0 Å². The van der Waals surface area contributed by atoms with Crippen LogP contribution in [0.25, 0.3) is 0 Å². The van der Waals surface area contributed by atoms with Gasteiger partial charge in [0, 0.05) is 25.8 Å². The van der Waals surface area contributed by atoms with E-state index in [2.05, 4.69) is 0 Å². The van der Waals surface area contributed by atoms with Crippen LogP contribution in [0, 0.1) is 0 Å². The van der Waals surface area contributed by atoms with Crippen molar-refractivity contribution in [1.29, 1.82) is 0 Å². The SMILES string of the molecule is CCOC(=O)CC(N)c1ccc(N(C)C)cc1. The summed E-state index contributed by atoms with van der Waals surface area (Å²) in [6.45, 7) is 2.18. The lowest BCUT2D eigenvalue weighted by Gasteiger charge is -2.15. The second kappa shape index (κ2) is 6.25. The third kappa shape index (κ3) is 4.07. The number of anilines is 1. The Hall–Kier alpha value is -1.55. The molecule has 0 aliphatic heterocycles. The summed E-state index contributed by atoms with van der Waals surface area (Å²) >= 11 is 0. The average molecular weight is 236 g/mol. The van der Waals surface area contributed by atoms with Gasteiger partial charge in [-0.05, 0) is 24.6 Å². The van der Waals surface area contributed by atoms with Gasteiger partial charge in [0.25, 0.3) is 0 Å². The van der Waals surface area contributed by atoms with Crippen LogP contribution >= 0.6 is 0 Å². The highest BCUT2D eigenvalue weighted by Gasteiger charge is 2.12. The molecular weight excluding hydrogens is 216 g/mol. The van der Waals surface area contributed by atoms with E-state index in [-0.39, 0.29) is 18.4 Å². The number of carbonyl (C=O) groups is 1. The summed E-state index contributed by atoms with van der Waals surface area (Å²) in [7, 11) is 3.96. The molecule has 4 nitrogen and oxygen atoms in total. The van der Waals surface area contributed by atoms with Crippen LogP contribution in [-0.2, 0) is 9.53 Å². The molecule has 0 amide bonds. The number of nitrogens with zero attached hydrogens (tertiary/aromatic N) is 1. The molecule has 1 unspecified atom stereocenters. The van der Waals surface area contributed by atoms with E-state index < -0.39 is 0 Å². The maximum Gasteiger partial charge on any atom is 0.307 e. The van der Waals surface area contributed by atoms with Crippen LogP contribution in [0.4, 0.5) is 5.69 Å². The van der Waals surface area contributed by atoms with Gasteiger partial charge in [0.2, 0.25) is 0 Å². The zero-order valence-electron chi connectivity index (χ0n) is 10.6. The normalized spacial score (nSPS) is 12.0. The molecule has 0 fully saturated rings. The lowest BCUT2D eigenvalue weighted by Crippen LogP contribution is -2.17. The van der Waals surface area contributed by atoms with Crippen molar-refractivity contribution >= 4 is 11.7 Å². The van der Waals surface area contributed by atoms with Crippen LogP contribution < -0.4 is 10.6 Å². The Bertz CT molecular complexity index is 360. The second-order valence-corrected chi connectivity index (χ2v) is 4.10. The average Bonchev–Trinajstić information content (AvgIpc) is 2.29. The minimum atomic E-state index is -0.301. The molecule has 0 aliphatic rings. The van der Waals surface area contributed by atoms with E-state index in [4.69, 9.17) is 10.5 Å². The maximum atomic E-state index is 11.3. The highest BCUT2D eigenvalue weighted by atomic mass is 16.5. The van der Waals surface area contributed by atoms with Crippen molar-refractivity contribution in [2.24, 2.45) is 5.73 Å². The fourth-order valence-corrected chi connectivity index (χ4v) is 1.54. The molecule has 1 rings (SSSR count). The summed E-state index contributed by atoms with van der Waals surface area (Å²) in [4.78, 5) is 13.3. The Labute approximate surface area is 102 Å². The zero-order chi connectivity index (χ0) is 12.8. The van der Waals surface area contributed by atoms with Gasteiger partial charge < -0.3 is 15.4 Å². The van der Waals surface area contributed by atoms with Gasteiger partial charge in [-0.3, -0.25) is 4.79 Å². The summed E-state index contributed by atoms with van der Waals surface area (Å²) in [6.07, 6.45) is 0.217. The van der Waals surface area contributed by atoms with E-state index >= 15 is 0 Å². The minimum Gasteiger partial charge on any atom is -0.466 e. The Balaban J connectivity index is 2.63. The van der Waals surface area contributed by atoms with Gasteiger partial charge in [-0.1, -0.05) is 12.1 Å². The highest BCUT2D eigenvalue weighted by Crippen LogP contribution is 2.18. The van der Waals surface area contributed by atoms with Gasteiger partial charge in [-0.2, -0.15) is 0 Å². The number of hydrogen-bond donors (Lipinski definition) is 1. The predicted octanol–water partition coefficient (Wildman–Crippen LogP) is 1.71. The van der Waals surface area contributed by atoms with E-state index in [9.17, 15) is 4.79 Å². The first-order valence-electron chi connectivity index (χ1n) is 5.73. The lowest BCUT2D eigenvalue weighted by atomic mass is 10.0. The van der Waals surface area contributed by atoms with Gasteiger partial charge in [0.05, 0.1) is 13.0 Å². The van der Waals surface area contributed by atoms with Crippen molar-refractivity contribution in [2.45, 2.75) is 19.4 Å². The fourth-order valence-electron chi connectivity index (χ4n) is 1.54. The van der Waals surface area contributed by atoms with Gasteiger partial charge in [0.15, 0.2) is 0 Å². The van der Waals surface area contributed by atoms with Gasteiger partial charge in [0.1, 0.15) is 0 Å². The van der Waals surface area contributed by atoms with Crippen molar-refractivity contribution in [3.63, 3.8) is 0 Å². The number of hydrogen-bond acceptors (Lipinski definition) is 4. The summed E-state index contributed by atoms with van der Waals surface area (Å²) in [6, 6.07) is 7.56. The largest absolute Gasteiger partial charge is 0.466 e. The zero-order valence-corrected chi connectivity index (χ0v) is 10.6. The Kier molecular flexibility index (Phi) is 4.97. The monoisotopic (exact) mass is 236 g/mol. The summed E-state index contributed by atoms with van der Waals surface area (Å²) < 4.78 is 4.87. The second-order valence-electron chi connectivity index (χ2n) is 4.10. The lowest BCUT2D eigenvalue weighted by molar-refractivity contribution is -0.143. The molecule has 17 heavy (non-hydrogen) atoms. The summed E-state index contributed by atoms with van der Waals surface area (Å²) in [5, 5.41) is 0. The van der Waals surface area contributed by atoms with Crippen LogP contribution in [0.2, 0.25) is 0 Å².